The minimum absolute atomic E-state index is 0.303. The van der Waals surface area contributed by atoms with Gasteiger partial charge in [-0.25, -0.2) is 4.39 Å². The van der Waals surface area contributed by atoms with E-state index in [1.807, 2.05) is 42.5 Å². The van der Waals surface area contributed by atoms with Gasteiger partial charge in [0.05, 0.1) is 5.69 Å². The van der Waals surface area contributed by atoms with Gasteiger partial charge in [-0.1, -0.05) is 67.8 Å². The molecule has 1 fully saturated rings. The highest BCUT2D eigenvalue weighted by Crippen LogP contribution is 2.41. The fourth-order valence-corrected chi connectivity index (χ4v) is 5.21. The van der Waals surface area contributed by atoms with Crippen LogP contribution in [0.25, 0.3) is 44.3 Å². The Hall–Kier alpha value is -3.46. The summed E-state index contributed by atoms with van der Waals surface area (Å²) in [6, 6.07) is 24.0. The van der Waals surface area contributed by atoms with Crippen molar-refractivity contribution in [3.05, 3.63) is 90.4 Å². The first-order valence-electron chi connectivity index (χ1n) is 11.4. The first-order valence-corrected chi connectivity index (χ1v) is 11.4. The fourth-order valence-electron chi connectivity index (χ4n) is 5.21. The molecule has 0 aliphatic heterocycles. The van der Waals surface area contributed by atoms with Crippen LogP contribution in [0.5, 0.6) is 0 Å². The van der Waals surface area contributed by atoms with Crippen molar-refractivity contribution in [1.82, 2.24) is 4.98 Å². The molecule has 1 aliphatic carbocycles. The van der Waals surface area contributed by atoms with Crippen LogP contribution < -0.4 is 0 Å². The maximum Gasteiger partial charge on any atom is 0.171 e. The van der Waals surface area contributed by atoms with E-state index in [-0.39, 0.29) is 5.82 Å². The van der Waals surface area contributed by atoms with Crippen molar-refractivity contribution in [1.29, 1.82) is 0 Å². The number of hydrogen-bond acceptors (Lipinski definition) is 2. The van der Waals surface area contributed by atoms with Crippen LogP contribution in [0, 0.1) is 5.82 Å². The van der Waals surface area contributed by atoms with Crippen molar-refractivity contribution in [3.8, 4) is 22.4 Å². The largest absolute Gasteiger partial charge is 0.452 e. The minimum atomic E-state index is -0.342. The molecule has 2 heterocycles. The number of aromatic nitrogens is 1. The maximum absolute atomic E-state index is 14.9. The van der Waals surface area contributed by atoms with E-state index in [9.17, 15) is 4.39 Å². The average molecular weight is 422 g/mol. The summed E-state index contributed by atoms with van der Waals surface area (Å²) < 4.78 is 21.0. The Labute approximate surface area is 186 Å². The van der Waals surface area contributed by atoms with Crippen molar-refractivity contribution in [2.75, 3.05) is 0 Å². The van der Waals surface area contributed by atoms with Gasteiger partial charge in [-0.3, -0.25) is 4.98 Å². The molecule has 158 valence electrons. The molecular formula is C29H24FNO. The number of hydrogen-bond donors (Lipinski definition) is 0. The monoisotopic (exact) mass is 421 g/mol. The van der Waals surface area contributed by atoms with E-state index in [2.05, 4.69) is 29.2 Å². The Kier molecular flexibility index (Phi) is 4.75. The van der Waals surface area contributed by atoms with Crippen LogP contribution in [0.3, 0.4) is 0 Å². The highest BCUT2D eigenvalue weighted by molar-refractivity contribution is 6.15. The molecule has 3 heteroatoms. The van der Waals surface area contributed by atoms with Crippen LogP contribution >= 0.6 is 0 Å². The van der Waals surface area contributed by atoms with Crippen molar-refractivity contribution in [2.24, 2.45) is 0 Å². The van der Waals surface area contributed by atoms with Gasteiger partial charge in [0.25, 0.3) is 0 Å². The van der Waals surface area contributed by atoms with Gasteiger partial charge in [-0.05, 0) is 59.7 Å². The lowest BCUT2D eigenvalue weighted by atomic mass is 9.83. The maximum atomic E-state index is 14.9. The summed E-state index contributed by atoms with van der Waals surface area (Å²) in [7, 11) is 0. The van der Waals surface area contributed by atoms with Gasteiger partial charge in [-0.2, -0.15) is 0 Å². The molecule has 2 nitrogen and oxygen atoms in total. The number of fused-ring (bicyclic) bond motifs is 3. The van der Waals surface area contributed by atoms with E-state index in [1.165, 1.54) is 43.7 Å². The average Bonchev–Trinajstić information content (AvgIpc) is 3.26. The molecule has 32 heavy (non-hydrogen) atoms. The van der Waals surface area contributed by atoms with E-state index in [1.54, 1.807) is 6.20 Å². The van der Waals surface area contributed by atoms with E-state index in [0.29, 0.717) is 17.1 Å². The fraction of sp³-hybridized carbons (Fsp3) is 0.207. The standard InChI is InChI=1S/C29H24FNO/c30-25-17-16-22(21-14-12-20(13-15-21)19-7-2-1-3-8-19)27-24-10-6-9-23(28(24)32-29(25)27)26-11-4-5-18-31-26/h4-6,9-19H,1-3,7-8H2. The van der Waals surface area contributed by atoms with Crippen LogP contribution in [-0.4, -0.2) is 4.98 Å². The van der Waals surface area contributed by atoms with E-state index < -0.39 is 0 Å². The molecule has 1 saturated carbocycles. The summed E-state index contributed by atoms with van der Waals surface area (Å²) in [4.78, 5) is 4.47. The predicted octanol–water partition coefficient (Wildman–Crippen LogP) is 8.50. The minimum Gasteiger partial charge on any atom is -0.452 e. The second-order valence-electron chi connectivity index (χ2n) is 8.76. The highest BCUT2D eigenvalue weighted by atomic mass is 19.1. The molecule has 0 unspecified atom stereocenters. The first-order chi connectivity index (χ1) is 15.8. The van der Waals surface area contributed by atoms with Crippen LogP contribution in [-0.2, 0) is 0 Å². The molecule has 0 spiro atoms. The third-order valence-electron chi connectivity index (χ3n) is 6.84. The van der Waals surface area contributed by atoms with Crippen LogP contribution in [0.15, 0.2) is 83.4 Å². The number of nitrogens with zero attached hydrogens (tertiary/aromatic N) is 1. The first kappa shape index (κ1) is 19.2. The van der Waals surface area contributed by atoms with Crippen LogP contribution in [0.1, 0.15) is 43.6 Å². The molecule has 0 N–H and O–H groups in total. The van der Waals surface area contributed by atoms with Crippen molar-refractivity contribution in [2.45, 2.75) is 38.0 Å². The summed E-state index contributed by atoms with van der Waals surface area (Å²) >= 11 is 0. The Morgan fingerprint density at radius 3 is 2.38 bits per heavy atom. The zero-order valence-electron chi connectivity index (χ0n) is 17.9. The number of benzene rings is 3. The van der Waals surface area contributed by atoms with Crippen molar-refractivity contribution < 1.29 is 8.81 Å². The predicted molar refractivity (Wildman–Crippen MR) is 128 cm³/mol. The van der Waals surface area contributed by atoms with E-state index in [4.69, 9.17) is 4.42 Å². The molecule has 0 atom stereocenters. The summed E-state index contributed by atoms with van der Waals surface area (Å²) in [5.41, 5.74) is 6.16. The number of rotatable bonds is 3. The topological polar surface area (TPSA) is 26.0 Å². The molecule has 0 amide bonds. The van der Waals surface area contributed by atoms with Gasteiger partial charge in [0.15, 0.2) is 11.4 Å². The normalized spacial score (nSPS) is 14.9. The zero-order chi connectivity index (χ0) is 21.5. The molecule has 5 aromatic rings. The lowest BCUT2D eigenvalue weighted by Crippen LogP contribution is -2.04. The second kappa shape index (κ2) is 7.90. The number of furan rings is 1. The Bertz CT molecular complexity index is 1400. The van der Waals surface area contributed by atoms with Crippen LogP contribution in [0.4, 0.5) is 4.39 Å². The Morgan fingerprint density at radius 1 is 0.750 bits per heavy atom. The molecular weight excluding hydrogens is 397 g/mol. The third kappa shape index (κ3) is 3.20. The lowest BCUT2D eigenvalue weighted by molar-refractivity contribution is 0.443. The smallest absolute Gasteiger partial charge is 0.171 e. The van der Waals surface area contributed by atoms with Crippen molar-refractivity contribution >= 4 is 21.9 Å². The Morgan fingerprint density at radius 2 is 1.59 bits per heavy atom. The molecule has 6 rings (SSSR count). The van der Waals surface area contributed by atoms with E-state index >= 15 is 0 Å². The molecule has 0 bridgehead atoms. The number of para-hydroxylation sites is 1. The van der Waals surface area contributed by atoms with Gasteiger partial charge < -0.3 is 4.42 Å². The quantitative estimate of drug-likeness (QED) is 0.292. The van der Waals surface area contributed by atoms with E-state index in [0.717, 1.165) is 33.2 Å². The SMILES string of the molecule is Fc1ccc(-c2ccc(C3CCCCC3)cc2)c2c1oc1c(-c3ccccn3)cccc12. The van der Waals surface area contributed by atoms with Crippen molar-refractivity contribution in [3.63, 3.8) is 0 Å². The molecule has 1 aliphatic rings. The zero-order valence-corrected chi connectivity index (χ0v) is 17.9. The molecule has 2 aromatic heterocycles. The summed E-state index contributed by atoms with van der Waals surface area (Å²) in [6.07, 6.45) is 8.33. The molecule has 0 saturated heterocycles. The highest BCUT2D eigenvalue weighted by Gasteiger charge is 2.20. The van der Waals surface area contributed by atoms with Gasteiger partial charge in [-0.15, -0.1) is 0 Å². The van der Waals surface area contributed by atoms with Gasteiger partial charge in [0.1, 0.15) is 5.58 Å². The van der Waals surface area contributed by atoms with Gasteiger partial charge in [0, 0.05) is 22.5 Å². The van der Waals surface area contributed by atoms with Crippen LogP contribution in [0.2, 0.25) is 0 Å². The second-order valence-corrected chi connectivity index (χ2v) is 8.76. The summed E-state index contributed by atoms with van der Waals surface area (Å²) in [5.74, 6) is 0.326. The van der Waals surface area contributed by atoms with Gasteiger partial charge in [0.2, 0.25) is 0 Å². The Balaban J connectivity index is 1.51. The summed E-state index contributed by atoms with van der Waals surface area (Å²) in [5, 5.41) is 1.73. The number of halogens is 1. The third-order valence-corrected chi connectivity index (χ3v) is 6.84. The molecule has 3 aromatic carbocycles. The number of pyridine rings is 1. The lowest BCUT2D eigenvalue weighted by Gasteiger charge is -2.22. The molecule has 0 radical (unpaired) electrons. The summed E-state index contributed by atoms with van der Waals surface area (Å²) in [6.45, 7) is 0. The van der Waals surface area contributed by atoms with Gasteiger partial charge >= 0.3 is 0 Å².